The molecule has 0 fully saturated rings. The summed E-state index contributed by atoms with van der Waals surface area (Å²) < 4.78 is 29.5. The molecule has 0 aliphatic carbocycles. The van der Waals surface area contributed by atoms with Crippen molar-refractivity contribution in [1.29, 1.82) is 0 Å². The van der Waals surface area contributed by atoms with Crippen LogP contribution in [-0.4, -0.2) is 30.2 Å². The molecule has 0 aromatic carbocycles. The molecule has 0 heterocycles. The van der Waals surface area contributed by atoms with Crippen molar-refractivity contribution in [2.75, 3.05) is 5.75 Å². The Morgan fingerprint density at radius 2 is 2.00 bits per heavy atom. The maximum atomic E-state index is 10.8. The first-order valence-corrected chi connectivity index (χ1v) is 5.17. The summed E-state index contributed by atoms with van der Waals surface area (Å²) in [5, 5.41) is 2.37. The minimum atomic E-state index is -4.08. The Morgan fingerprint density at radius 1 is 1.57 bits per heavy atom. The average Bonchev–Trinajstić information content (AvgIpc) is 1.80. The van der Waals surface area contributed by atoms with Crippen LogP contribution in [0.15, 0.2) is 12.7 Å². The molecule has 0 aromatic heterocycles. The Hall–Kier alpha value is 0.120. The largest absolute Gasteiger partial charge is 1.00 e. The Kier molecular flexibility index (Phi) is 6.94. The van der Waals surface area contributed by atoms with Crippen LogP contribution >= 0.6 is 0 Å². The van der Waals surface area contributed by atoms with Gasteiger partial charge in [-0.1, -0.05) is 6.58 Å². The summed E-state index contributed by atoms with van der Waals surface area (Å²) in [6, 6.07) is 0. The van der Waals surface area contributed by atoms with Gasteiger partial charge in [0.15, 0.2) is 0 Å². The number of carbonyl (C=O) groups excluding carboxylic acids is 1. The van der Waals surface area contributed by atoms with E-state index in [1.54, 1.807) is 0 Å². The molecule has 0 bridgehead atoms. The fourth-order valence-electron chi connectivity index (χ4n) is 0.877. The molecule has 0 radical (unpaired) electrons. The van der Waals surface area contributed by atoms with Crippen molar-refractivity contribution in [3.63, 3.8) is 0 Å². The van der Waals surface area contributed by atoms with E-state index in [4.69, 9.17) is 4.55 Å². The standard InChI is InChI=1S/C7H13NO4S.Na/c1-4-6(9)8-7(2,3)5-13(10,11)12;/h4H,1,5H2,2-3H3,(H,8,9)(H,10,11,12);/q;+1. The molecule has 1 amide bonds. The molecule has 2 N–H and O–H groups in total. The van der Waals surface area contributed by atoms with Gasteiger partial charge >= 0.3 is 29.6 Å². The molecule has 0 aliphatic rings. The Morgan fingerprint density at radius 3 is 2.29 bits per heavy atom. The number of hydrogen-bond acceptors (Lipinski definition) is 3. The van der Waals surface area contributed by atoms with Gasteiger partial charge in [-0.2, -0.15) is 8.42 Å². The molecular formula is C7H13NNaO4S+. The second-order valence-electron chi connectivity index (χ2n) is 3.30. The minimum absolute atomic E-state index is 0. The third kappa shape index (κ3) is 8.71. The fourth-order valence-corrected chi connectivity index (χ4v) is 1.86. The van der Waals surface area contributed by atoms with Crippen LogP contribution in [0.25, 0.3) is 0 Å². The maximum absolute atomic E-state index is 10.8. The summed E-state index contributed by atoms with van der Waals surface area (Å²) in [5.41, 5.74) is -1.00. The van der Waals surface area contributed by atoms with Gasteiger partial charge in [0.2, 0.25) is 5.91 Å². The van der Waals surface area contributed by atoms with Crippen LogP contribution in [0.4, 0.5) is 0 Å². The third-order valence-electron chi connectivity index (χ3n) is 1.19. The monoisotopic (exact) mass is 230 g/mol. The van der Waals surface area contributed by atoms with E-state index >= 15 is 0 Å². The quantitative estimate of drug-likeness (QED) is 0.305. The summed E-state index contributed by atoms with van der Waals surface area (Å²) in [7, 11) is -4.08. The second kappa shape index (κ2) is 5.87. The van der Waals surface area contributed by atoms with Crippen LogP contribution in [0, 0.1) is 0 Å². The normalized spacial score (nSPS) is 11.4. The van der Waals surface area contributed by atoms with Gasteiger partial charge in [-0.25, -0.2) is 0 Å². The number of amides is 1. The zero-order valence-corrected chi connectivity index (χ0v) is 11.4. The van der Waals surface area contributed by atoms with Crippen molar-refractivity contribution in [3.8, 4) is 0 Å². The first-order valence-electron chi connectivity index (χ1n) is 3.56. The summed E-state index contributed by atoms with van der Waals surface area (Å²) >= 11 is 0. The van der Waals surface area contributed by atoms with Gasteiger partial charge < -0.3 is 5.32 Å². The maximum Gasteiger partial charge on any atom is 1.00 e. The van der Waals surface area contributed by atoms with Crippen molar-refractivity contribution in [2.24, 2.45) is 0 Å². The summed E-state index contributed by atoms with van der Waals surface area (Å²) in [6.07, 6.45) is 1.03. The van der Waals surface area contributed by atoms with Crippen LogP contribution in [0.5, 0.6) is 0 Å². The van der Waals surface area contributed by atoms with Gasteiger partial charge in [-0.15, -0.1) is 0 Å². The number of nitrogens with one attached hydrogen (secondary N) is 1. The van der Waals surface area contributed by atoms with E-state index in [1.165, 1.54) is 13.8 Å². The van der Waals surface area contributed by atoms with E-state index < -0.39 is 27.3 Å². The summed E-state index contributed by atoms with van der Waals surface area (Å²) in [6.45, 7) is 6.19. The van der Waals surface area contributed by atoms with Crippen molar-refractivity contribution in [2.45, 2.75) is 19.4 Å². The summed E-state index contributed by atoms with van der Waals surface area (Å²) in [5.74, 6) is -1.01. The second-order valence-corrected chi connectivity index (χ2v) is 4.76. The third-order valence-corrected chi connectivity index (χ3v) is 2.28. The van der Waals surface area contributed by atoms with Gasteiger partial charge in [0.1, 0.15) is 0 Å². The van der Waals surface area contributed by atoms with Gasteiger partial charge in [0.25, 0.3) is 10.1 Å². The Balaban J connectivity index is 0. The fraction of sp³-hybridized carbons (Fsp3) is 0.571. The van der Waals surface area contributed by atoms with Gasteiger partial charge in [0.05, 0.1) is 11.3 Å². The molecule has 0 saturated heterocycles. The van der Waals surface area contributed by atoms with E-state index in [-0.39, 0.29) is 29.6 Å². The van der Waals surface area contributed by atoms with E-state index in [2.05, 4.69) is 11.9 Å². The average molecular weight is 230 g/mol. The van der Waals surface area contributed by atoms with Gasteiger partial charge in [-0.3, -0.25) is 9.35 Å². The van der Waals surface area contributed by atoms with Crippen molar-refractivity contribution in [3.05, 3.63) is 12.7 Å². The predicted molar refractivity (Wildman–Crippen MR) is 48.8 cm³/mol. The molecule has 0 spiro atoms. The van der Waals surface area contributed by atoms with E-state index in [9.17, 15) is 13.2 Å². The zero-order chi connectivity index (χ0) is 10.7. The SMILES string of the molecule is C=CC(=O)NC(C)(C)CS(=O)(=O)O.[Na+]. The number of rotatable bonds is 4. The van der Waals surface area contributed by atoms with E-state index in [0.717, 1.165) is 6.08 Å². The molecule has 0 unspecified atom stereocenters. The summed E-state index contributed by atoms with van der Waals surface area (Å²) in [4.78, 5) is 10.8. The van der Waals surface area contributed by atoms with Crippen LogP contribution < -0.4 is 34.9 Å². The number of carbonyl (C=O) groups is 1. The molecule has 76 valence electrons. The van der Waals surface area contributed by atoms with Crippen molar-refractivity contribution >= 4 is 16.0 Å². The molecule has 0 atom stereocenters. The smallest absolute Gasteiger partial charge is 0.347 e. The van der Waals surface area contributed by atoms with Crippen LogP contribution in [0.3, 0.4) is 0 Å². The molecular weight excluding hydrogens is 217 g/mol. The van der Waals surface area contributed by atoms with Crippen molar-refractivity contribution < 1.29 is 47.3 Å². The van der Waals surface area contributed by atoms with Gasteiger partial charge in [0, 0.05) is 0 Å². The number of hydrogen-bond donors (Lipinski definition) is 2. The Bertz CT molecular complexity index is 310. The molecule has 0 rings (SSSR count). The van der Waals surface area contributed by atoms with Gasteiger partial charge in [-0.05, 0) is 19.9 Å². The molecule has 7 heteroatoms. The van der Waals surface area contributed by atoms with E-state index in [0.29, 0.717) is 0 Å². The van der Waals surface area contributed by atoms with E-state index in [1.807, 2.05) is 0 Å². The first-order chi connectivity index (χ1) is 5.66. The first kappa shape index (κ1) is 16.5. The molecule has 0 saturated carbocycles. The Labute approximate surface area is 106 Å². The van der Waals surface area contributed by atoms with Crippen LogP contribution in [0.1, 0.15) is 13.8 Å². The predicted octanol–water partition coefficient (Wildman–Crippen LogP) is -3.04. The molecule has 5 nitrogen and oxygen atoms in total. The van der Waals surface area contributed by atoms with Crippen LogP contribution in [0.2, 0.25) is 0 Å². The topological polar surface area (TPSA) is 83.5 Å². The minimum Gasteiger partial charge on any atom is -0.347 e. The van der Waals surface area contributed by atoms with Crippen molar-refractivity contribution in [1.82, 2.24) is 5.32 Å². The molecule has 0 aliphatic heterocycles. The molecule has 14 heavy (non-hydrogen) atoms. The zero-order valence-electron chi connectivity index (χ0n) is 8.57. The molecule has 0 aromatic rings. The van der Waals surface area contributed by atoms with Crippen LogP contribution in [-0.2, 0) is 14.9 Å².